The summed E-state index contributed by atoms with van der Waals surface area (Å²) < 4.78 is 23.8. The fraction of sp³-hybridized carbons (Fsp3) is 0.875. The van der Waals surface area contributed by atoms with Gasteiger partial charge in [-0.1, -0.05) is 0 Å². The Morgan fingerprint density at radius 2 is 2.08 bits per heavy atom. The summed E-state index contributed by atoms with van der Waals surface area (Å²) >= 11 is 0. The van der Waals surface area contributed by atoms with Gasteiger partial charge in [-0.3, -0.25) is 4.79 Å². The number of rotatable bonds is 0. The van der Waals surface area contributed by atoms with Crippen LogP contribution in [0.2, 0.25) is 0 Å². The topological polar surface area (TPSA) is 54.5 Å². The molecule has 0 bridgehead atoms. The van der Waals surface area contributed by atoms with Gasteiger partial charge in [-0.05, 0) is 26.7 Å². The van der Waals surface area contributed by atoms with Crippen LogP contribution in [0.3, 0.4) is 0 Å². The molecule has 0 N–H and O–H groups in total. The third-order valence-corrected chi connectivity index (χ3v) is 5.60. The summed E-state index contributed by atoms with van der Waals surface area (Å²) in [6, 6.07) is -0.361. The maximum atomic E-state index is 11.8. The van der Waals surface area contributed by atoms with E-state index < -0.39 is 14.8 Å². The maximum Gasteiger partial charge on any atom is 0.227 e. The molecule has 13 heavy (non-hydrogen) atoms. The number of carbonyl (C=O) groups is 1. The Bertz CT molecular complexity index is 358. The molecule has 4 nitrogen and oxygen atoms in total. The van der Waals surface area contributed by atoms with Crippen LogP contribution >= 0.6 is 0 Å². The lowest BCUT2D eigenvalue weighted by molar-refractivity contribution is -0.122. The molecule has 1 unspecified atom stereocenters. The number of hydrogen-bond acceptors (Lipinski definition) is 3. The van der Waals surface area contributed by atoms with Gasteiger partial charge in [-0.2, -0.15) is 4.31 Å². The van der Waals surface area contributed by atoms with Crippen LogP contribution in [0.5, 0.6) is 0 Å². The van der Waals surface area contributed by atoms with Gasteiger partial charge in [-0.15, -0.1) is 0 Å². The highest BCUT2D eigenvalue weighted by Gasteiger charge is 2.59. The molecule has 2 aliphatic heterocycles. The normalized spacial score (nSPS) is 36.5. The number of ketones is 1. The number of carbonyl (C=O) groups excluding carboxylic acids is 1. The number of fused-ring (bicyclic) bond motifs is 1. The fourth-order valence-electron chi connectivity index (χ4n) is 2.11. The van der Waals surface area contributed by atoms with Crippen molar-refractivity contribution in [1.29, 1.82) is 0 Å². The van der Waals surface area contributed by atoms with Crippen molar-refractivity contribution in [1.82, 2.24) is 4.31 Å². The van der Waals surface area contributed by atoms with Crippen molar-refractivity contribution in [3.8, 4) is 0 Å². The molecule has 0 aliphatic carbocycles. The largest absolute Gasteiger partial charge is 0.296 e. The Hall–Kier alpha value is -0.420. The van der Waals surface area contributed by atoms with Crippen LogP contribution in [0, 0.1) is 0 Å². The number of nitrogens with zero attached hydrogens (tertiary/aromatic N) is 1. The average Bonchev–Trinajstić information content (AvgIpc) is 2.53. The zero-order valence-electron chi connectivity index (χ0n) is 7.78. The molecule has 0 aromatic carbocycles. The lowest BCUT2D eigenvalue weighted by Crippen LogP contribution is -2.37. The third-order valence-electron chi connectivity index (χ3n) is 3.05. The van der Waals surface area contributed by atoms with Crippen LogP contribution < -0.4 is 0 Å². The summed E-state index contributed by atoms with van der Waals surface area (Å²) in [5.41, 5.74) is 0. The van der Waals surface area contributed by atoms with Gasteiger partial charge in [0.05, 0.1) is 6.04 Å². The van der Waals surface area contributed by atoms with E-state index in [4.69, 9.17) is 0 Å². The minimum Gasteiger partial charge on any atom is -0.296 e. The van der Waals surface area contributed by atoms with Gasteiger partial charge >= 0.3 is 0 Å². The van der Waals surface area contributed by atoms with E-state index in [1.165, 1.54) is 18.2 Å². The molecule has 0 radical (unpaired) electrons. The summed E-state index contributed by atoms with van der Waals surface area (Å²) in [6.07, 6.45) is 1.51. The van der Waals surface area contributed by atoms with Gasteiger partial charge in [0.15, 0.2) is 5.78 Å². The van der Waals surface area contributed by atoms with Crippen molar-refractivity contribution >= 4 is 15.8 Å². The van der Waals surface area contributed by atoms with Crippen molar-refractivity contribution in [3.05, 3.63) is 0 Å². The second kappa shape index (κ2) is 2.33. The molecule has 74 valence electrons. The predicted octanol–water partition coefficient (Wildman–Crippen LogP) is 0.142. The Morgan fingerprint density at radius 1 is 1.46 bits per heavy atom. The van der Waals surface area contributed by atoms with Crippen molar-refractivity contribution < 1.29 is 13.2 Å². The molecule has 1 atom stereocenters. The van der Waals surface area contributed by atoms with E-state index in [-0.39, 0.29) is 11.8 Å². The highest BCUT2D eigenvalue weighted by molar-refractivity contribution is 7.91. The smallest absolute Gasteiger partial charge is 0.227 e. The van der Waals surface area contributed by atoms with Crippen LogP contribution in [0.25, 0.3) is 0 Å². The first kappa shape index (κ1) is 9.15. The predicted molar refractivity (Wildman–Crippen MR) is 47.7 cm³/mol. The minimum atomic E-state index is -3.37. The fourth-order valence-corrected chi connectivity index (χ4v) is 3.99. The molecule has 0 saturated carbocycles. The minimum absolute atomic E-state index is 0.134. The van der Waals surface area contributed by atoms with Gasteiger partial charge < -0.3 is 0 Å². The second-order valence-corrected chi connectivity index (χ2v) is 6.59. The Balaban J connectivity index is 2.56. The SMILES string of the molecule is CC1(C)C(=O)C2CCCN2S1(=O)=O. The molecule has 2 rings (SSSR count). The molecule has 2 heterocycles. The summed E-state index contributed by atoms with van der Waals surface area (Å²) in [4.78, 5) is 11.7. The van der Waals surface area contributed by atoms with E-state index in [1.54, 1.807) is 0 Å². The zero-order valence-corrected chi connectivity index (χ0v) is 8.60. The van der Waals surface area contributed by atoms with Crippen molar-refractivity contribution in [3.63, 3.8) is 0 Å². The molecule has 0 amide bonds. The summed E-state index contributed by atoms with van der Waals surface area (Å²) in [5.74, 6) is -0.134. The van der Waals surface area contributed by atoms with Gasteiger partial charge in [-0.25, -0.2) is 8.42 Å². The maximum absolute atomic E-state index is 11.8. The first-order chi connectivity index (χ1) is 5.89. The number of sulfonamides is 1. The molecule has 0 aromatic heterocycles. The highest BCUT2D eigenvalue weighted by atomic mass is 32.2. The Labute approximate surface area is 78.0 Å². The molecular weight excluding hydrogens is 190 g/mol. The molecule has 5 heteroatoms. The zero-order chi connectivity index (χ0) is 9.85. The van der Waals surface area contributed by atoms with Crippen molar-refractivity contribution in [2.45, 2.75) is 37.5 Å². The van der Waals surface area contributed by atoms with Gasteiger partial charge in [0.1, 0.15) is 4.75 Å². The van der Waals surface area contributed by atoms with E-state index in [0.29, 0.717) is 13.0 Å². The standard InChI is InChI=1S/C8H13NO3S/c1-8(2)7(10)6-4-3-5-9(6)13(8,11)12/h6H,3-5H2,1-2H3. The molecule has 2 aliphatic rings. The monoisotopic (exact) mass is 203 g/mol. The van der Waals surface area contributed by atoms with Gasteiger partial charge in [0.25, 0.3) is 0 Å². The first-order valence-corrected chi connectivity index (χ1v) is 5.89. The van der Waals surface area contributed by atoms with Crippen LogP contribution in [0.4, 0.5) is 0 Å². The highest BCUT2D eigenvalue weighted by Crippen LogP contribution is 2.39. The van der Waals surface area contributed by atoms with E-state index in [1.807, 2.05) is 0 Å². The summed E-state index contributed by atoms with van der Waals surface area (Å²) in [6.45, 7) is 3.52. The van der Waals surface area contributed by atoms with Crippen LogP contribution in [0.1, 0.15) is 26.7 Å². The van der Waals surface area contributed by atoms with Crippen LogP contribution in [-0.4, -0.2) is 35.8 Å². The quantitative estimate of drug-likeness (QED) is 0.563. The number of Topliss-reactive ketones (excluding diaryl/α,β-unsaturated/α-hetero) is 1. The van der Waals surface area contributed by atoms with Gasteiger partial charge in [0, 0.05) is 6.54 Å². The van der Waals surface area contributed by atoms with E-state index in [2.05, 4.69) is 0 Å². The van der Waals surface area contributed by atoms with Crippen LogP contribution in [0.15, 0.2) is 0 Å². The molecule has 2 saturated heterocycles. The molecule has 0 aromatic rings. The van der Waals surface area contributed by atoms with Gasteiger partial charge in [0.2, 0.25) is 10.0 Å². The van der Waals surface area contributed by atoms with Crippen molar-refractivity contribution in [2.75, 3.05) is 6.54 Å². The van der Waals surface area contributed by atoms with E-state index >= 15 is 0 Å². The summed E-state index contributed by atoms with van der Waals surface area (Å²) in [5, 5.41) is 0. The average molecular weight is 203 g/mol. The van der Waals surface area contributed by atoms with Crippen LogP contribution in [-0.2, 0) is 14.8 Å². The molecule has 2 fully saturated rings. The lowest BCUT2D eigenvalue weighted by atomic mass is 10.0. The first-order valence-electron chi connectivity index (χ1n) is 4.45. The van der Waals surface area contributed by atoms with E-state index in [9.17, 15) is 13.2 Å². The Morgan fingerprint density at radius 3 is 2.62 bits per heavy atom. The van der Waals surface area contributed by atoms with Crippen molar-refractivity contribution in [2.24, 2.45) is 0 Å². The number of hydrogen-bond donors (Lipinski definition) is 0. The third kappa shape index (κ3) is 0.889. The lowest BCUT2D eigenvalue weighted by Gasteiger charge is -2.17. The second-order valence-electron chi connectivity index (χ2n) is 4.15. The van der Waals surface area contributed by atoms with E-state index in [0.717, 1.165) is 6.42 Å². The molecular formula is C8H13NO3S. The molecule has 0 spiro atoms. The summed E-state index contributed by atoms with van der Waals surface area (Å²) in [7, 11) is -3.37. The Kier molecular flexibility index (Phi) is 1.64.